The summed E-state index contributed by atoms with van der Waals surface area (Å²) < 4.78 is 0. The highest BCUT2D eigenvalue weighted by Crippen LogP contribution is 2.32. The lowest BCUT2D eigenvalue weighted by molar-refractivity contribution is -0.385. The van der Waals surface area contributed by atoms with Crippen molar-refractivity contribution >= 4 is 11.6 Å². The van der Waals surface area contributed by atoms with E-state index < -0.39 is 22.3 Å². The molecule has 96 valence electrons. The van der Waals surface area contributed by atoms with Gasteiger partial charge in [-0.15, -0.1) is 0 Å². The van der Waals surface area contributed by atoms with Gasteiger partial charge in [-0.25, -0.2) is 0 Å². The highest BCUT2D eigenvalue weighted by atomic mass is 16.6. The van der Waals surface area contributed by atoms with Crippen LogP contribution in [0.5, 0.6) is 5.75 Å². The van der Waals surface area contributed by atoms with E-state index in [4.69, 9.17) is 0 Å². The molecule has 0 aromatic heterocycles. The smallest absolute Gasteiger partial charge is 0.311 e. The van der Waals surface area contributed by atoms with E-state index in [1.807, 2.05) is 0 Å². The SMILES string of the molecule is O=C(NCCC1CC1)c1cccc([N+](=O)[O-])c1O. The molecule has 1 aromatic carbocycles. The highest BCUT2D eigenvalue weighted by Gasteiger charge is 2.23. The molecule has 0 radical (unpaired) electrons. The number of aromatic hydroxyl groups is 1. The van der Waals surface area contributed by atoms with Crippen LogP contribution in [0.1, 0.15) is 29.6 Å². The van der Waals surface area contributed by atoms with Crippen LogP contribution < -0.4 is 5.32 Å². The van der Waals surface area contributed by atoms with E-state index in [1.165, 1.54) is 25.0 Å². The molecule has 6 heteroatoms. The zero-order chi connectivity index (χ0) is 13.1. The third-order valence-electron chi connectivity index (χ3n) is 2.99. The van der Waals surface area contributed by atoms with E-state index in [1.54, 1.807) is 0 Å². The fraction of sp³-hybridized carbons (Fsp3) is 0.417. The number of phenols is 1. The predicted octanol–water partition coefficient (Wildman–Crippen LogP) is 1.83. The van der Waals surface area contributed by atoms with Crippen molar-refractivity contribution in [1.29, 1.82) is 0 Å². The van der Waals surface area contributed by atoms with Gasteiger partial charge < -0.3 is 10.4 Å². The Morgan fingerprint density at radius 2 is 2.22 bits per heavy atom. The molecule has 1 fully saturated rings. The Balaban J connectivity index is 2.04. The minimum absolute atomic E-state index is 0.0556. The van der Waals surface area contributed by atoms with Gasteiger partial charge in [0.05, 0.1) is 10.5 Å². The molecule has 0 saturated heterocycles. The summed E-state index contributed by atoms with van der Waals surface area (Å²) in [4.78, 5) is 21.7. The second kappa shape index (κ2) is 5.03. The van der Waals surface area contributed by atoms with Crippen molar-refractivity contribution in [2.45, 2.75) is 19.3 Å². The van der Waals surface area contributed by atoms with Crippen molar-refractivity contribution in [2.75, 3.05) is 6.54 Å². The highest BCUT2D eigenvalue weighted by molar-refractivity contribution is 5.98. The van der Waals surface area contributed by atoms with Gasteiger partial charge in [0.2, 0.25) is 5.75 Å². The molecule has 1 saturated carbocycles. The Hall–Kier alpha value is -2.11. The Morgan fingerprint density at radius 3 is 2.83 bits per heavy atom. The number of hydrogen-bond acceptors (Lipinski definition) is 4. The van der Waals surface area contributed by atoms with Crippen molar-refractivity contribution < 1.29 is 14.8 Å². The zero-order valence-corrected chi connectivity index (χ0v) is 9.76. The van der Waals surface area contributed by atoms with Gasteiger partial charge in [-0.3, -0.25) is 14.9 Å². The van der Waals surface area contributed by atoms with Crippen LogP contribution in [0.4, 0.5) is 5.69 Å². The molecule has 1 aliphatic carbocycles. The number of hydrogen-bond donors (Lipinski definition) is 2. The first-order valence-electron chi connectivity index (χ1n) is 5.84. The molecular formula is C12H14N2O4. The van der Waals surface area contributed by atoms with Crippen LogP contribution in [0.3, 0.4) is 0 Å². The monoisotopic (exact) mass is 250 g/mol. The molecule has 18 heavy (non-hydrogen) atoms. The summed E-state index contributed by atoms with van der Waals surface area (Å²) in [6, 6.07) is 3.92. The zero-order valence-electron chi connectivity index (χ0n) is 9.76. The Bertz CT molecular complexity index is 483. The first kappa shape index (κ1) is 12.3. The number of benzene rings is 1. The largest absolute Gasteiger partial charge is 0.502 e. The van der Waals surface area contributed by atoms with Crippen LogP contribution in [0.2, 0.25) is 0 Å². The number of phenolic OH excluding ortho intramolecular Hbond substituents is 1. The maximum Gasteiger partial charge on any atom is 0.311 e. The van der Waals surface area contributed by atoms with Gasteiger partial charge in [0.25, 0.3) is 5.91 Å². The van der Waals surface area contributed by atoms with Gasteiger partial charge in [0.15, 0.2) is 0 Å². The van der Waals surface area contributed by atoms with Gasteiger partial charge in [0, 0.05) is 12.6 Å². The second-order valence-electron chi connectivity index (χ2n) is 4.42. The minimum atomic E-state index is -0.712. The molecule has 6 nitrogen and oxygen atoms in total. The van der Waals surface area contributed by atoms with Crippen LogP contribution in [-0.4, -0.2) is 22.5 Å². The van der Waals surface area contributed by atoms with Crippen molar-refractivity contribution in [3.63, 3.8) is 0 Å². The van der Waals surface area contributed by atoms with Gasteiger partial charge in [-0.05, 0) is 18.4 Å². The molecule has 2 rings (SSSR count). The summed E-state index contributed by atoms with van der Waals surface area (Å²) in [5.41, 5.74) is -0.509. The quantitative estimate of drug-likeness (QED) is 0.616. The number of carbonyl (C=O) groups is 1. The summed E-state index contributed by atoms with van der Waals surface area (Å²) in [6.45, 7) is 0.533. The molecule has 0 atom stereocenters. The van der Waals surface area contributed by atoms with Crippen LogP contribution >= 0.6 is 0 Å². The van der Waals surface area contributed by atoms with E-state index in [0.29, 0.717) is 12.5 Å². The summed E-state index contributed by atoms with van der Waals surface area (Å²) in [5, 5.41) is 22.9. The number of carbonyl (C=O) groups excluding carboxylic acids is 1. The van der Waals surface area contributed by atoms with Crippen LogP contribution in [-0.2, 0) is 0 Å². The van der Waals surface area contributed by atoms with Crippen LogP contribution in [0.25, 0.3) is 0 Å². The first-order valence-corrected chi connectivity index (χ1v) is 5.84. The maximum absolute atomic E-state index is 11.7. The molecule has 0 spiro atoms. The standard InChI is InChI=1S/C12H14N2O4/c15-11-9(2-1-3-10(11)14(17)18)12(16)13-7-6-8-4-5-8/h1-3,8,15H,4-7H2,(H,13,16). The van der Waals surface area contributed by atoms with Crippen molar-refractivity contribution in [3.05, 3.63) is 33.9 Å². The lowest BCUT2D eigenvalue weighted by Gasteiger charge is -2.06. The number of nitro benzene ring substituents is 1. The van der Waals surface area contributed by atoms with E-state index in [9.17, 15) is 20.0 Å². The molecule has 1 amide bonds. The van der Waals surface area contributed by atoms with E-state index in [2.05, 4.69) is 5.32 Å². The molecule has 1 aromatic rings. The van der Waals surface area contributed by atoms with Gasteiger partial charge >= 0.3 is 5.69 Å². The van der Waals surface area contributed by atoms with Gasteiger partial charge in [0.1, 0.15) is 0 Å². The number of nitro groups is 1. The minimum Gasteiger partial charge on any atom is -0.502 e. The van der Waals surface area contributed by atoms with Crippen molar-refractivity contribution in [1.82, 2.24) is 5.32 Å². The topological polar surface area (TPSA) is 92.5 Å². The molecule has 0 heterocycles. The van der Waals surface area contributed by atoms with Crippen molar-refractivity contribution in [3.8, 4) is 5.75 Å². The summed E-state index contributed by atoms with van der Waals surface area (Å²) in [5.74, 6) is -0.354. The first-order chi connectivity index (χ1) is 8.59. The van der Waals surface area contributed by atoms with E-state index in [0.717, 1.165) is 12.5 Å². The number of amides is 1. The van der Waals surface area contributed by atoms with Crippen molar-refractivity contribution in [2.24, 2.45) is 5.92 Å². The van der Waals surface area contributed by atoms with Crippen LogP contribution in [0, 0.1) is 16.0 Å². The van der Waals surface area contributed by atoms with Gasteiger partial charge in [-0.1, -0.05) is 18.9 Å². The third kappa shape index (κ3) is 2.77. The molecule has 0 unspecified atom stereocenters. The number of nitrogens with zero attached hydrogens (tertiary/aromatic N) is 1. The summed E-state index contributed by atoms with van der Waals surface area (Å²) in [6.07, 6.45) is 3.33. The Morgan fingerprint density at radius 1 is 1.50 bits per heavy atom. The summed E-state index contributed by atoms with van der Waals surface area (Å²) in [7, 11) is 0. The molecular weight excluding hydrogens is 236 g/mol. The normalized spacial score (nSPS) is 14.2. The molecule has 2 N–H and O–H groups in total. The third-order valence-corrected chi connectivity index (χ3v) is 2.99. The Labute approximate surface area is 104 Å². The fourth-order valence-electron chi connectivity index (χ4n) is 1.75. The van der Waals surface area contributed by atoms with Crippen LogP contribution in [0.15, 0.2) is 18.2 Å². The average Bonchev–Trinajstić information content (AvgIpc) is 3.12. The average molecular weight is 250 g/mol. The van der Waals surface area contributed by atoms with E-state index >= 15 is 0 Å². The fourth-order valence-corrected chi connectivity index (χ4v) is 1.75. The second-order valence-corrected chi connectivity index (χ2v) is 4.42. The molecule has 0 aliphatic heterocycles. The number of rotatable bonds is 5. The molecule has 0 bridgehead atoms. The predicted molar refractivity (Wildman–Crippen MR) is 64.4 cm³/mol. The molecule has 1 aliphatic rings. The number of nitrogens with one attached hydrogen (secondary N) is 1. The Kier molecular flexibility index (Phi) is 3.45. The van der Waals surface area contributed by atoms with Gasteiger partial charge in [-0.2, -0.15) is 0 Å². The lowest BCUT2D eigenvalue weighted by Crippen LogP contribution is -2.24. The lowest BCUT2D eigenvalue weighted by atomic mass is 10.1. The summed E-state index contributed by atoms with van der Waals surface area (Å²) >= 11 is 0. The maximum atomic E-state index is 11.7. The number of para-hydroxylation sites is 1. The van der Waals surface area contributed by atoms with E-state index in [-0.39, 0.29) is 5.56 Å².